The van der Waals surface area contributed by atoms with Crippen molar-refractivity contribution in [2.24, 2.45) is 0 Å². The summed E-state index contributed by atoms with van der Waals surface area (Å²) in [6.07, 6.45) is 3.30. The molecular weight excluding hydrogens is 204 g/mol. The van der Waals surface area contributed by atoms with Crippen molar-refractivity contribution in [2.75, 3.05) is 0 Å². The zero-order valence-corrected chi connectivity index (χ0v) is 10.9. The predicted octanol–water partition coefficient (Wildman–Crippen LogP) is 2.13. The Bertz CT molecular complexity index is 306. The maximum Gasteiger partial charge on any atom is 0.165 e. The van der Waals surface area contributed by atoms with Crippen molar-refractivity contribution in [3.05, 3.63) is 0 Å². The van der Waals surface area contributed by atoms with E-state index in [1.165, 1.54) is 0 Å². The van der Waals surface area contributed by atoms with Crippen LogP contribution in [0, 0.1) is 11.5 Å². The second kappa shape index (κ2) is 4.50. The molecule has 1 rings (SSSR count). The minimum Gasteiger partial charge on any atom is -0.381 e. The van der Waals surface area contributed by atoms with E-state index < -0.39 is 13.7 Å². The van der Waals surface area contributed by atoms with Crippen LogP contribution in [0.1, 0.15) is 32.1 Å². The van der Waals surface area contributed by atoms with Gasteiger partial charge in [-0.15, -0.1) is 11.5 Å². The molecule has 0 bridgehead atoms. The molecule has 1 atom stereocenters. The van der Waals surface area contributed by atoms with Crippen molar-refractivity contribution in [1.82, 2.24) is 0 Å². The van der Waals surface area contributed by atoms with Crippen molar-refractivity contribution < 1.29 is 9.90 Å². The summed E-state index contributed by atoms with van der Waals surface area (Å²) in [4.78, 5) is 11.6. The molecule has 0 aromatic rings. The van der Waals surface area contributed by atoms with E-state index in [0.717, 1.165) is 12.8 Å². The summed E-state index contributed by atoms with van der Waals surface area (Å²) < 4.78 is 0. The van der Waals surface area contributed by atoms with Crippen LogP contribution in [0.15, 0.2) is 0 Å². The van der Waals surface area contributed by atoms with Gasteiger partial charge in [-0.25, -0.2) is 0 Å². The monoisotopic (exact) mass is 224 g/mol. The van der Waals surface area contributed by atoms with Gasteiger partial charge >= 0.3 is 0 Å². The minimum atomic E-state index is -1.38. The lowest BCUT2D eigenvalue weighted by Gasteiger charge is -2.28. The molecule has 0 aliphatic heterocycles. The summed E-state index contributed by atoms with van der Waals surface area (Å²) in [5, 5.41) is 10.1. The zero-order valence-electron chi connectivity index (χ0n) is 9.89. The number of carbonyl (C=O) groups is 1. The van der Waals surface area contributed by atoms with Crippen LogP contribution in [0.25, 0.3) is 0 Å². The molecule has 1 N–H and O–H groups in total. The third-order valence-corrected chi connectivity index (χ3v) is 3.53. The van der Waals surface area contributed by atoms with Gasteiger partial charge in [0.05, 0.1) is 0 Å². The molecule has 0 spiro atoms. The molecule has 0 aromatic heterocycles. The Morgan fingerprint density at radius 3 is 2.60 bits per heavy atom. The average molecular weight is 224 g/mol. The number of ketones is 1. The van der Waals surface area contributed by atoms with Gasteiger partial charge in [0.2, 0.25) is 0 Å². The standard InChI is InChI=1S/C12H20O2Si/c1-15(2,3)10-6-9-12(14)8-5-4-7-11(12)13/h14H,4-5,7-9H2,1-3H3/t12-/m1/s1. The zero-order chi connectivity index (χ0) is 11.5. The van der Waals surface area contributed by atoms with Crippen LogP contribution in [0.2, 0.25) is 19.6 Å². The molecule has 0 heterocycles. The van der Waals surface area contributed by atoms with E-state index in [9.17, 15) is 9.90 Å². The van der Waals surface area contributed by atoms with E-state index in [1.54, 1.807) is 0 Å². The van der Waals surface area contributed by atoms with Crippen molar-refractivity contribution in [3.8, 4) is 11.5 Å². The van der Waals surface area contributed by atoms with Crippen LogP contribution in [0.5, 0.6) is 0 Å². The third-order valence-electron chi connectivity index (χ3n) is 2.61. The summed E-state index contributed by atoms with van der Waals surface area (Å²) >= 11 is 0. The van der Waals surface area contributed by atoms with Gasteiger partial charge in [-0.2, -0.15) is 0 Å². The first-order chi connectivity index (χ1) is 6.83. The summed E-state index contributed by atoms with van der Waals surface area (Å²) in [6.45, 7) is 6.48. The topological polar surface area (TPSA) is 37.3 Å². The molecule has 84 valence electrons. The van der Waals surface area contributed by atoms with Crippen LogP contribution >= 0.6 is 0 Å². The first-order valence-electron chi connectivity index (χ1n) is 5.59. The van der Waals surface area contributed by atoms with Crippen LogP contribution < -0.4 is 0 Å². The first kappa shape index (κ1) is 12.5. The maximum atomic E-state index is 11.6. The van der Waals surface area contributed by atoms with Crippen LogP contribution in [-0.2, 0) is 4.79 Å². The van der Waals surface area contributed by atoms with Gasteiger partial charge in [0.1, 0.15) is 13.7 Å². The lowest BCUT2D eigenvalue weighted by Crippen LogP contribution is -2.40. The average Bonchev–Trinajstić information content (AvgIpc) is 2.08. The quantitative estimate of drug-likeness (QED) is 0.547. The molecule has 0 radical (unpaired) electrons. The molecule has 15 heavy (non-hydrogen) atoms. The highest BCUT2D eigenvalue weighted by Gasteiger charge is 2.36. The predicted molar refractivity (Wildman–Crippen MR) is 64.2 cm³/mol. The SMILES string of the molecule is C[Si](C)(C)C#CC[C@]1(O)CCCCC1=O. The number of hydrogen-bond acceptors (Lipinski definition) is 2. The van der Waals surface area contributed by atoms with Gasteiger partial charge in [0, 0.05) is 12.8 Å². The molecule has 1 aliphatic carbocycles. The van der Waals surface area contributed by atoms with Crippen LogP contribution in [-0.4, -0.2) is 24.6 Å². The summed E-state index contributed by atoms with van der Waals surface area (Å²) in [6, 6.07) is 0. The molecule has 0 unspecified atom stereocenters. The van der Waals surface area contributed by atoms with Crippen molar-refractivity contribution in [2.45, 2.75) is 57.3 Å². The highest BCUT2D eigenvalue weighted by atomic mass is 28.3. The van der Waals surface area contributed by atoms with Gasteiger partial charge in [0.15, 0.2) is 5.78 Å². The number of Topliss-reactive ketones (excluding diaryl/α,β-unsaturated/α-hetero) is 1. The van der Waals surface area contributed by atoms with Gasteiger partial charge in [-0.05, 0) is 19.3 Å². The molecular formula is C12H20O2Si. The first-order valence-corrected chi connectivity index (χ1v) is 9.09. The van der Waals surface area contributed by atoms with Crippen molar-refractivity contribution >= 4 is 13.9 Å². The number of rotatable bonds is 1. The Morgan fingerprint density at radius 2 is 2.07 bits per heavy atom. The Morgan fingerprint density at radius 1 is 1.40 bits per heavy atom. The lowest BCUT2D eigenvalue weighted by atomic mass is 9.81. The van der Waals surface area contributed by atoms with E-state index in [0.29, 0.717) is 19.3 Å². The Kier molecular flexibility index (Phi) is 3.75. The fourth-order valence-corrected chi connectivity index (χ4v) is 2.34. The fourth-order valence-electron chi connectivity index (χ4n) is 1.72. The Balaban J connectivity index is 2.62. The maximum absolute atomic E-state index is 11.6. The summed E-state index contributed by atoms with van der Waals surface area (Å²) in [5.41, 5.74) is 2.06. The lowest BCUT2D eigenvalue weighted by molar-refractivity contribution is -0.140. The summed E-state index contributed by atoms with van der Waals surface area (Å²) in [5.74, 6) is 2.99. The highest BCUT2D eigenvalue weighted by Crippen LogP contribution is 2.27. The van der Waals surface area contributed by atoms with E-state index in [4.69, 9.17) is 0 Å². The number of hydrogen-bond donors (Lipinski definition) is 1. The normalized spacial score (nSPS) is 27.1. The van der Waals surface area contributed by atoms with Gasteiger partial charge in [-0.1, -0.05) is 19.6 Å². The summed E-state index contributed by atoms with van der Waals surface area (Å²) in [7, 11) is -1.38. The smallest absolute Gasteiger partial charge is 0.165 e. The molecule has 0 amide bonds. The second-order valence-electron chi connectivity index (χ2n) is 5.39. The number of aliphatic hydroxyl groups is 1. The molecule has 1 fully saturated rings. The van der Waals surface area contributed by atoms with Crippen molar-refractivity contribution in [1.29, 1.82) is 0 Å². The fraction of sp³-hybridized carbons (Fsp3) is 0.750. The third kappa shape index (κ3) is 3.81. The van der Waals surface area contributed by atoms with Gasteiger partial charge in [0.25, 0.3) is 0 Å². The second-order valence-corrected chi connectivity index (χ2v) is 10.1. The van der Waals surface area contributed by atoms with Gasteiger partial charge in [-0.3, -0.25) is 4.79 Å². The molecule has 1 aliphatic rings. The van der Waals surface area contributed by atoms with Crippen molar-refractivity contribution in [3.63, 3.8) is 0 Å². The van der Waals surface area contributed by atoms with E-state index in [2.05, 4.69) is 31.1 Å². The largest absolute Gasteiger partial charge is 0.381 e. The van der Waals surface area contributed by atoms with Crippen LogP contribution in [0.4, 0.5) is 0 Å². The van der Waals surface area contributed by atoms with E-state index in [1.807, 2.05) is 0 Å². The molecule has 1 saturated carbocycles. The van der Waals surface area contributed by atoms with E-state index >= 15 is 0 Å². The molecule has 0 aromatic carbocycles. The van der Waals surface area contributed by atoms with E-state index in [-0.39, 0.29) is 5.78 Å². The number of carbonyl (C=O) groups excluding carboxylic acids is 1. The molecule has 3 heteroatoms. The van der Waals surface area contributed by atoms with Crippen LogP contribution in [0.3, 0.4) is 0 Å². The minimum absolute atomic E-state index is 0.0152. The highest BCUT2D eigenvalue weighted by molar-refractivity contribution is 6.83. The Labute approximate surface area is 93.1 Å². The Hall–Kier alpha value is -0.593. The molecule has 2 nitrogen and oxygen atoms in total. The van der Waals surface area contributed by atoms with Gasteiger partial charge < -0.3 is 5.11 Å². The molecule has 0 saturated heterocycles.